The monoisotopic (exact) mass is 349 g/mol. The molecule has 0 unspecified atom stereocenters. The lowest BCUT2D eigenvalue weighted by atomic mass is 10.1. The maximum Gasteiger partial charge on any atom is 0.254 e. The van der Waals surface area contributed by atoms with E-state index in [1.807, 2.05) is 6.07 Å². The molecule has 6 heteroatoms. The summed E-state index contributed by atoms with van der Waals surface area (Å²) in [5.74, 6) is -0.114. The molecule has 0 spiro atoms. The highest BCUT2D eigenvalue weighted by Gasteiger charge is 2.20. The quantitative estimate of drug-likeness (QED) is 0.694. The lowest BCUT2D eigenvalue weighted by Crippen LogP contribution is -2.28. The Morgan fingerprint density at radius 1 is 1.19 bits per heavy atom. The van der Waals surface area contributed by atoms with Crippen LogP contribution in [0.1, 0.15) is 16.8 Å². The zero-order chi connectivity index (χ0) is 18.5. The molecule has 0 atom stereocenters. The van der Waals surface area contributed by atoms with Crippen LogP contribution in [0.3, 0.4) is 0 Å². The first-order valence-electron chi connectivity index (χ1n) is 8.04. The molecule has 0 saturated carbocycles. The topological polar surface area (TPSA) is 70.1 Å². The standard InChI is InChI=1S/C20H16FN3O2/c1-24(12-6-11-22)20(25)15-8-3-2-7-14(15)19-23-13-18(26-19)16-9-4-5-10-17(16)21/h2-5,7-10,13H,6,12H2,1H3. The number of hydrogen-bond acceptors (Lipinski definition) is 4. The van der Waals surface area contributed by atoms with E-state index in [0.717, 1.165) is 0 Å². The molecule has 2 aromatic carbocycles. The number of benzene rings is 2. The predicted molar refractivity (Wildman–Crippen MR) is 94.5 cm³/mol. The van der Waals surface area contributed by atoms with Crippen LogP contribution in [0.4, 0.5) is 4.39 Å². The lowest BCUT2D eigenvalue weighted by Gasteiger charge is -2.16. The minimum absolute atomic E-state index is 0.235. The van der Waals surface area contributed by atoms with Gasteiger partial charge in [0.2, 0.25) is 5.89 Å². The highest BCUT2D eigenvalue weighted by molar-refractivity contribution is 5.99. The van der Waals surface area contributed by atoms with Gasteiger partial charge in [0.25, 0.3) is 5.91 Å². The van der Waals surface area contributed by atoms with Gasteiger partial charge in [0.05, 0.1) is 29.8 Å². The summed E-state index contributed by atoms with van der Waals surface area (Å²) in [5.41, 5.74) is 1.24. The first-order valence-corrected chi connectivity index (χ1v) is 8.04. The Kier molecular flexibility index (Phi) is 5.09. The number of amides is 1. The summed E-state index contributed by atoms with van der Waals surface area (Å²) < 4.78 is 19.7. The maximum absolute atomic E-state index is 13.9. The van der Waals surface area contributed by atoms with Gasteiger partial charge in [-0.25, -0.2) is 9.37 Å². The summed E-state index contributed by atoms with van der Waals surface area (Å²) in [6.45, 7) is 0.329. The molecule has 0 saturated heterocycles. The van der Waals surface area contributed by atoms with E-state index in [1.165, 1.54) is 17.2 Å². The van der Waals surface area contributed by atoms with Crippen molar-refractivity contribution >= 4 is 5.91 Å². The molecule has 0 bridgehead atoms. The van der Waals surface area contributed by atoms with Gasteiger partial charge in [0.1, 0.15) is 5.82 Å². The molecule has 1 heterocycles. The molecule has 26 heavy (non-hydrogen) atoms. The van der Waals surface area contributed by atoms with Crippen molar-refractivity contribution in [2.45, 2.75) is 6.42 Å². The molecule has 1 amide bonds. The zero-order valence-corrected chi connectivity index (χ0v) is 14.1. The van der Waals surface area contributed by atoms with E-state index in [1.54, 1.807) is 49.5 Å². The maximum atomic E-state index is 13.9. The Labute approximate surface area is 150 Å². The summed E-state index contributed by atoms with van der Waals surface area (Å²) in [5, 5.41) is 8.69. The summed E-state index contributed by atoms with van der Waals surface area (Å²) in [6, 6.07) is 15.2. The molecule has 3 rings (SSSR count). The second-order valence-electron chi connectivity index (χ2n) is 5.69. The fourth-order valence-electron chi connectivity index (χ4n) is 2.57. The number of carbonyl (C=O) groups excluding carboxylic acids is 1. The first kappa shape index (κ1) is 17.4. The number of carbonyl (C=O) groups is 1. The van der Waals surface area contributed by atoms with Crippen LogP contribution in [-0.2, 0) is 0 Å². The number of rotatable bonds is 5. The van der Waals surface area contributed by atoms with Crippen LogP contribution >= 0.6 is 0 Å². The summed E-state index contributed by atoms with van der Waals surface area (Å²) >= 11 is 0. The molecule has 0 aliphatic heterocycles. The van der Waals surface area contributed by atoms with Crippen molar-refractivity contribution in [2.75, 3.05) is 13.6 Å². The molecule has 0 aliphatic carbocycles. The summed E-state index contributed by atoms with van der Waals surface area (Å²) in [6.07, 6.45) is 1.69. The Balaban J connectivity index is 1.95. The number of nitrogens with zero attached hydrogens (tertiary/aromatic N) is 3. The van der Waals surface area contributed by atoms with Crippen LogP contribution in [-0.4, -0.2) is 29.4 Å². The van der Waals surface area contributed by atoms with Crippen LogP contribution < -0.4 is 0 Å². The molecule has 1 aromatic heterocycles. The van der Waals surface area contributed by atoms with Gasteiger partial charge < -0.3 is 9.32 Å². The van der Waals surface area contributed by atoms with Crippen LogP contribution in [0.2, 0.25) is 0 Å². The van der Waals surface area contributed by atoms with Crippen molar-refractivity contribution in [3.05, 3.63) is 66.1 Å². The Bertz CT molecular complexity index is 975. The average Bonchev–Trinajstić information content (AvgIpc) is 3.15. The smallest absolute Gasteiger partial charge is 0.254 e. The SMILES string of the molecule is CN(CCC#N)C(=O)c1ccccc1-c1ncc(-c2ccccc2F)o1. The van der Waals surface area contributed by atoms with Crippen molar-refractivity contribution in [1.29, 1.82) is 5.26 Å². The van der Waals surface area contributed by atoms with Crippen molar-refractivity contribution in [3.8, 4) is 28.8 Å². The lowest BCUT2D eigenvalue weighted by molar-refractivity contribution is 0.0798. The normalized spacial score (nSPS) is 10.3. The highest BCUT2D eigenvalue weighted by Crippen LogP contribution is 2.29. The van der Waals surface area contributed by atoms with Crippen molar-refractivity contribution < 1.29 is 13.6 Å². The fourth-order valence-corrected chi connectivity index (χ4v) is 2.57. The van der Waals surface area contributed by atoms with E-state index in [9.17, 15) is 9.18 Å². The van der Waals surface area contributed by atoms with Gasteiger partial charge in [-0.2, -0.15) is 5.26 Å². The average molecular weight is 349 g/mol. The van der Waals surface area contributed by atoms with E-state index in [4.69, 9.17) is 9.68 Å². The number of halogens is 1. The van der Waals surface area contributed by atoms with Crippen LogP contribution in [0.25, 0.3) is 22.8 Å². The van der Waals surface area contributed by atoms with E-state index in [-0.39, 0.29) is 24.0 Å². The van der Waals surface area contributed by atoms with Gasteiger partial charge >= 0.3 is 0 Å². The van der Waals surface area contributed by atoms with Gasteiger partial charge in [-0.15, -0.1) is 0 Å². The number of aromatic nitrogens is 1. The molecule has 0 N–H and O–H groups in total. The van der Waals surface area contributed by atoms with Crippen molar-refractivity contribution in [2.24, 2.45) is 0 Å². The molecular formula is C20H16FN3O2. The number of nitriles is 1. The fraction of sp³-hybridized carbons (Fsp3) is 0.150. The molecule has 3 aromatic rings. The Morgan fingerprint density at radius 2 is 1.88 bits per heavy atom. The minimum Gasteiger partial charge on any atom is -0.436 e. The zero-order valence-electron chi connectivity index (χ0n) is 14.1. The minimum atomic E-state index is -0.407. The van der Waals surface area contributed by atoms with E-state index in [2.05, 4.69) is 4.98 Å². The van der Waals surface area contributed by atoms with Crippen LogP contribution in [0.5, 0.6) is 0 Å². The Hall–Kier alpha value is -3.46. The summed E-state index contributed by atoms with van der Waals surface area (Å²) in [4.78, 5) is 18.3. The molecule has 5 nitrogen and oxygen atoms in total. The first-order chi connectivity index (χ1) is 12.6. The van der Waals surface area contributed by atoms with Crippen LogP contribution in [0.15, 0.2) is 59.1 Å². The molecule has 0 radical (unpaired) electrons. The Morgan fingerprint density at radius 3 is 2.62 bits per heavy atom. The summed E-state index contributed by atoms with van der Waals surface area (Å²) in [7, 11) is 1.64. The van der Waals surface area contributed by atoms with Crippen molar-refractivity contribution in [3.63, 3.8) is 0 Å². The number of hydrogen-bond donors (Lipinski definition) is 0. The van der Waals surface area contributed by atoms with Gasteiger partial charge in [0.15, 0.2) is 5.76 Å². The van der Waals surface area contributed by atoms with Gasteiger partial charge in [-0.05, 0) is 24.3 Å². The van der Waals surface area contributed by atoms with E-state index in [0.29, 0.717) is 23.2 Å². The van der Waals surface area contributed by atoms with Crippen molar-refractivity contribution in [1.82, 2.24) is 9.88 Å². The highest BCUT2D eigenvalue weighted by atomic mass is 19.1. The molecule has 130 valence electrons. The van der Waals surface area contributed by atoms with E-state index < -0.39 is 5.82 Å². The molecular weight excluding hydrogens is 333 g/mol. The molecule has 0 fully saturated rings. The van der Waals surface area contributed by atoms with Gasteiger partial charge in [0, 0.05) is 19.2 Å². The number of oxazole rings is 1. The molecule has 0 aliphatic rings. The van der Waals surface area contributed by atoms with E-state index >= 15 is 0 Å². The largest absolute Gasteiger partial charge is 0.436 e. The second kappa shape index (κ2) is 7.62. The van der Waals surface area contributed by atoms with Gasteiger partial charge in [-0.3, -0.25) is 4.79 Å². The second-order valence-corrected chi connectivity index (χ2v) is 5.69. The predicted octanol–water partition coefficient (Wildman–Crippen LogP) is 4.13. The third kappa shape index (κ3) is 3.47. The third-order valence-electron chi connectivity index (χ3n) is 3.94. The van der Waals surface area contributed by atoms with Crippen LogP contribution in [0, 0.1) is 17.1 Å². The third-order valence-corrected chi connectivity index (χ3v) is 3.94. The van der Waals surface area contributed by atoms with Gasteiger partial charge in [-0.1, -0.05) is 24.3 Å².